The van der Waals surface area contributed by atoms with E-state index in [4.69, 9.17) is 4.74 Å². The van der Waals surface area contributed by atoms with Crippen LogP contribution in [0.3, 0.4) is 0 Å². The van der Waals surface area contributed by atoms with Crippen molar-refractivity contribution in [1.29, 1.82) is 0 Å². The lowest BCUT2D eigenvalue weighted by Crippen LogP contribution is -2.41. The minimum atomic E-state index is -1.67. The van der Waals surface area contributed by atoms with Crippen LogP contribution in [0.5, 0.6) is 5.75 Å². The SMILES string of the molecule is COc1ccc(Br)c([Si](C)(C)C)c1F. The molecule has 0 N–H and O–H groups in total. The van der Waals surface area contributed by atoms with E-state index in [0.717, 1.165) is 9.66 Å². The molecule has 0 heterocycles. The summed E-state index contributed by atoms with van der Waals surface area (Å²) in [5.74, 6) is 0.103. The number of hydrogen-bond acceptors (Lipinski definition) is 1. The van der Waals surface area contributed by atoms with Gasteiger partial charge in [0.1, 0.15) is 0 Å². The minimum absolute atomic E-state index is 0.221. The predicted octanol–water partition coefficient (Wildman–Crippen LogP) is 3.14. The molecule has 0 unspecified atom stereocenters. The standard InChI is InChI=1S/C10H14BrFOSi/c1-13-8-6-5-7(11)10(9(8)12)14(2,3)4/h5-6H,1-4H3. The van der Waals surface area contributed by atoms with E-state index in [2.05, 4.69) is 35.6 Å². The van der Waals surface area contributed by atoms with E-state index in [1.54, 1.807) is 6.07 Å². The van der Waals surface area contributed by atoms with Crippen molar-refractivity contribution >= 4 is 29.2 Å². The zero-order chi connectivity index (χ0) is 10.9. The van der Waals surface area contributed by atoms with Crippen molar-refractivity contribution in [3.8, 4) is 5.75 Å². The zero-order valence-electron chi connectivity index (χ0n) is 8.82. The van der Waals surface area contributed by atoms with Crippen LogP contribution in [0.1, 0.15) is 0 Å². The van der Waals surface area contributed by atoms with E-state index in [1.165, 1.54) is 7.11 Å². The summed E-state index contributed by atoms with van der Waals surface area (Å²) in [5.41, 5.74) is 0. The van der Waals surface area contributed by atoms with Crippen LogP contribution < -0.4 is 9.92 Å². The van der Waals surface area contributed by atoms with E-state index >= 15 is 0 Å². The molecule has 0 radical (unpaired) electrons. The maximum Gasteiger partial charge on any atom is 0.165 e. The molecule has 1 nitrogen and oxygen atoms in total. The average Bonchev–Trinajstić information content (AvgIpc) is 2.02. The first-order valence-electron chi connectivity index (χ1n) is 4.40. The third kappa shape index (κ3) is 2.17. The quantitative estimate of drug-likeness (QED) is 0.755. The van der Waals surface area contributed by atoms with Crippen molar-refractivity contribution in [2.24, 2.45) is 0 Å². The van der Waals surface area contributed by atoms with Crippen LogP contribution in [0, 0.1) is 5.82 Å². The fourth-order valence-corrected chi connectivity index (χ4v) is 5.05. The molecule has 0 aromatic heterocycles. The second kappa shape index (κ2) is 4.02. The first-order chi connectivity index (χ1) is 6.38. The van der Waals surface area contributed by atoms with Crippen LogP contribution in [0.2, 0.25) is 19.6 Å². The largest absolute Gasteiger partial charge is 0.494 e. The minimum Gasteiger partial charge on any atom is -0.494 e. The van der Waals surface area contributed by atoms with Crippen molar-refractivity contribution in [2.75, 3.05) is 7.11 Å². The van der Waals surface area contributed by atoms with Gasteiger partial charge in [0.2, 0.25) is 0 Å². The third-order valence-corrected chi connectivity index (χ3v) is 5.04. The van der Waals surface area contributed by atoms with Crippen LogP contribution in [-0.4, -0.2) is 15.2 Å². The number of rotatable bonds is 2. The maximum atomic E-state index is 13.9. The normalized spacial score (nSPS) is 11.6. The highest BCUT2D eigenvalue weighted by Crippen LogP contribution is 2.22. The van der Waals surface area contributed by atoms with Crippen LogP contribution in [0.4, 0.5) is 4.39 Å². The summed E-state index contributed by atoms with van der Waals surface area (Å²) < 4.78 is 19.7. The number of ether oxygens (including phenoxy) is 1. The summed E-state index contributed by atoms with van der Waals surface area (Å²) in [6, 6.07) is 3.48. The molecule has 0 atom stereocenters. The first kappa shape index (κ1) is 11.7. The van der Waals surface area contributed by atoms with Crippen LogP contribution in [-0.2, 0) is 0 Å². The third-order valence-electron chi connectivity index (χ3n) is 2.03. The van der Waals surface area contributed by atoms with Gasteiger partial charge < -0.3 is 4.74 Å². The van der Waals surface area contributed by atoms with Gasteiger partial charge in [-0.05, 0) is 17.3 Å². The molecular formula is C10H14BrFOSi. The monoisotopic (exact) mass is 276 g/mol. The molecule has 14 heavy (non-hydrogen) atoms. The molecule has 0 aliphatic carbocycles. The van der Waals surface area contributed by atoms with Gasteiger partial charge in [-0.3, -0.25) is 0 Å². The highest BCUT2D eigenvalue weighted by molar-refractivity contribution is 9.10. The van der Waals surface area contributed by atoms with Gasteiger partial charge in [0.15, 0.2) is 11.6 Å². The lowest BCUT2D eigenvalue weighted by Gasteiger charge is -2.20. The molecule has 0 amide bonds. The van der Waals surface area contributed by atoms with Gasteiger partial charge in [0.25, 0.3) is 0 Å². The Balaban J connectivity index is 3.40. The highest BCUT2D eigenvalue weighted by atomic mass is 79.9. The van der Waals surface area contributed by atoms with Crippen molar-refractivity contribution in [1.82, 2.24) is 0 Å². The number of halogens is 2. The lowest BCUT2D eigenvalue weighted by molar-refractivity contribution is 0.388. The van der Waals surface area contributed by atoms with Crippen molar-refractivity contribution in [3.05, 3.63) is 22.4 Å². The van der Waals surface area contributed by atoms with Crippen LogP contribution in [0.25, 0.3) is 0 Å². The van der Waals surface area contributed by atoms with Gasteiger partial charge in [-0.15, -0.1) is 0 Å². The van der Waals surface area contributed by atoms with E-state index in [0.29, 0.717) is 5.75 Å². The molecule has 0 aliphatic heterocycles. The Morgan fingerprint density at radius 3 is 2.29 bits per heavy atom. The van der Waals surface area contributed by atoms with Gasteiger partial charge in [0.05, 0.1) is 15.2 Å². The smallest absolute Gasteiger partial charge is 0.165 e. The topological polar surface area (TPSA) is 9.23 Å². The highest BCUT2D eigenvalue weighted by Gasteiger charge is 2.25. The molecule has 1 aromatic rings. The number of methoxy groups -OCH3 is 1. The summed E-state index contributed by atoms with van der Waals surface area (Å²) in [4.78, 5) is 0. The molecule has 1 aromatic carbocycles. The molecule has 0 fully saturated rings. The molecule has 0 saturated heterocycles. The van der Waals surface area contributed by atoms with E-state index < -0.39 is 8.07 Å². The van der Waals surface area contributed by atoms with Gasteiger partial charge >= 0.3 is 0 Å². The average molecular weight is 277 g/mol. The molecule has 0 bridgehead atoms. The predicted molar refractivity (Wildman–Crippen MR) is 63.6 cm³/mol. The Bertz CT molecular complexity index is 347. The summed E-state index contributed by atoms with van der Waals surface area (Å²) in [6.07, 6.45) is 0. The fraction of sp³-hybridized carbons (Fsp3) is 0.400. The van der Waals surface area contributed by atoms with Gasteiger partial charge in [0, 0.05) is 4.47 Å². The Morgan fingerprint density at radius 2 is 1.86 bits per heavy atom. The number of hydrogen-bond donors (Lipinski definition) is 0. The van der Waals surface area contributed by atoms with Crippen molar-refractivity contribution in [2.45, 2.75) is 19.6 Å². The molecule has 0 aliphatic rings. The Morgan fingerprint density at radius 1 is 1.29 bits per heavy atom. The van der Waals surface area contributed by atoms with Crippen LogP contribution in [0.15, 0.2) is 16.6 Å². The van der Waals surface area contributed by atoms with Crippen molar-refractivity contribution < 1.29 is 9.13 Å². The Hall–Kier alpha value is -0.353. The van der Waals surface area contributed by atoms with Gasteiger partial charge in [-0.2, -0.15) is 0 Å². The van der Waals surface area contributed by atoms with Gasteiger partial charge in [-0.25, -0.2) is 4.39 Å². The molecule has 1 rings (SSSR count). The summed E-state index contributed by atoms with van der Waals surface area (Å²) >= 11 is 3.39. The number of benzene rings is 1. The summed E-state index contributed by atoms with van der Waals surface area (Å²) in [5, 5.41) is 0.789. The van der Waals surface area contributed by atoms with E-state index in [9.17, 15) is 4.39 Å². The molecular weight excluding hydrogens is 263 g/mol. The summed E-state index contributed by atoms with van der Waals surface area (Å²) in [6.45, 7) is 6.32. The van der Waals surface area contributed by atoms with E-state index in [1.807, 2.05) is 6.07 Å². The van der Waals surface area contributed by atoms with Crippen LogP contribution >= 0.6 is 15.9 Å². The Kier molecular flexibility index (Phi) is 3.37. The lowest BCUT2D eigenvalue weighted by atomic mass is 10.3. The second-order valence-corrected chi connectivity index (χ2v) is 10.0. The zero-order valence-corrected chi connectivity index (χ0v) is 11.4. The molecule has 0 saturated carbocycles. The maximum absolute atomic E-state index is 13.9. The summed E-state index contributed by atoms with van der Waals surface area (Å²) in [7, 11) is -0.186. The molecule has 0 spiro atoms. The molecule has 4 heteroatoms. The van der Waals surface area contributed by atoms with Crippen molar-refractivity contribution in [3.63, 3.8) is 0 Å². The first-order valence-corrected chi connectivity index (χ1v) is 8.69. The van der Waals surface area contributed by atoms with Gasteiger partial charge in [-0.1, -0.05) is 35.6 Å². The fourth-order valence-electron chi connectivity index (χ4n) is 1.38. The molecule has 78 valence electrons. The Labute approximate surface area is 93.4 Å². The second-order valence-electron chi connectivity index (χ2n) is 4.19. The van der Waals surface area contributed by atoms with E-state index in [-0.39, 0.29) is 5.82 Å².